The van der Waals surface area contributed by atoms with Gasteiger partial charge in [0.2, 0.25) is 0 Å². The highest BCUT2D eigenvalue weighted by atomic mass is 16.3. The largest absolute Gasteiger partial charge is 0.392 e. The number of aliphatic hydroxyl groups is 1. The van der Waals surface area contributed by atoms with E-state index in [1.807, 2.05) is 0 Å². The van der Waals surface area contributed by atoms with Crippen LogP contribution in [0.4, 0.5) is 0 Å². The number of fused-ring (bicyclic) bond motifs is 1. The zero-order valence-electron chi connectivity index (χ0n) is 10.1. The van der Waals surface area contributed by atoms with Gasteiger partial charge in [-0.05, 0) is 41.0 Å². The molecule has 0 bridgehead atoms. The van der Waals surface area contributed by atoms with E-state index in [0.717, 1.165) is 6.42 Å². The average Bonchev–Trinajstić information content (AvgIpc) is 3.07. The summed E-state index contributed by atoms with van der Waals surface area (Å²) in [6.45, 7) is 2.22. The lowest BCUT2D eigenvalue weighted by molar-refractivity contribution is 0.146. The van der Waals surface area contributed by atoms with Gasteiger partial charge in [-0.25, -0.2) is 0 Å². The summed E-state index contributed by atoms with van der Waals surface area (Å²) in [5, 5.41) is 12.7. The van der Waals surface area contributed by atoms with E-state index in [0.29, 0.717) is 11.8 Å². The summed E-state index contributed by atoms with van der Waals surface area (Å²) in [5.74, 6) is 1.23. The minimum Gasteiger partial charge on any atom is -0.392 e. The fraction of sp³-hybridized carbons (Fsp3) is 0.375. The van der Waals surface area contributed by atoms with Crippen LogP contribution in [0.1, 0.15) is 18.9 Å². The van der Waals surface area contributed by atoms with Gasteiger partial charge in [0, 0.05) is 0 Å². The van der Waals surface area contributed by atoms with Crippen LogP contribution in [0.15, 0.2) is 42.5 Å². The van der Waals surface area contributed by atoms with E-state index in [2.05, 4.69) is 49.4 Å². The summed E-state index contributed by atoms with van der Waals surface area (Å²) in [4.78, 5) is 0. The smallest absolute Gasteiger partial charge is 0.0611 e. The Morgan fingerprint density at radius 2 is 1.88 bits per heavy atom. The molecule has 1 nitrogen and oxygen atoms in total. The summed E-state index contributed by atoms with van der Waals surface area (Å²) in [6.07, 6.45) is 1.80. The lowest BCUT2D eigenvalue weighted by Crippen LogP contribution is -2.14. The maximum absolute atomic E-state index is 10.2. The number of aliphatic hydroxyl groups excluding tert-OH is 1. The summed E-state index contributed by atoms with van der Waals surface area (Å²) in [5.41, 5.74) is 1.27. The van der Waals surface area contributed by atoms with Crippen LogP contribution in [-0.2, 0) is 6.42 Å². The van der Waals surface area contributed by atoms with Crippen molar-refractivity contribution in [1.29, 1.82) is 0 Å². The standard InChI is InChI=1S/C16H18O/c1-11-9-15(11)16(17)10-13-7-4-6-12-5-2-3-8-14(12)13/h2-8,11,15-17H,9-10H2,1H3. The predicted molar refractivity (Wildman–Crippen MR) is 70.9 cm³/mol. The predicted octanol–water partition coefficient (Wildman–Crippen LogP) is 3.40. The van der Waals surface area contributed by atoms with Gasteiger partial charge in [-0.15, -0.1) is 0 Å². The van der Waals surface area contributed by atoms with Crippen molar-refractivity contribution in [2.24, 2.45) is 11.8 Å². The molecule has 0 heterocycles. The fourth-order valence-electron chi connectivity index (χ4n) is 2.73. The molecule has 0 radical (unpaired) electrons. The molecule has 1 fully saturated rings. The normalized spacial score (nSPS) is 24.8. The van der Waals surface area contributed by atoms with E-state index < -0.39 is 0 Å². The number of hydrogen-bond acceptors (Lipinski definition) is 1. The Labute approximate surface area is 102 Å². The monoisotopic (exact) mass is 226 g/mol. The maximum Gasteiger partial charge on any atom is 0.0611 e. The van der Waals surface area contributed by atoms with E-state index in [1.54, 1.807) is 0 Å². The third-order valence-electron chi connectivity index (χ3n) is 3.97. The van der Waals surface area contributed by atoms with Crippen molar-refractivity contribution < 1.29 is 5.11 Å². The molecule has 0 saturated heterocycles. The van der Waals surface area contributed by atoms with Gasteiger partial charge in [0.1, 0.15) is 0 Å². The zero-order chi connectivity index (χ0) is 11.8. The van der Waals surface area contributed by atoms with E-state index in [1.165, 1.54) is 22.8 Å². The molecule has 88 valence electrons. The van der Waals surface area contributed by atoms with Crippen molar-refractivity contribution in [2.75, 3.05) is 0 Å². The third-order valence-corrected chi connectivity index (χ3v) is 3.97. The second-order valence-corrected chi connectivity index (χ2v) is 5.29. The highest BCUT2D eigenvalue weighted by Gasteiger charge is 2.38. The molecule has 1 saturated carbocycles. The first kappa shape index (κ1) is 10.8. The Bertz CT molecular complexity index is 527. The molecule has 17 heavy (non-hydrogen) atoms. The van der Waals surface area contributed by atoms with E-state index in [9.17, 15) is 5.11 Å². The molecule has 3 rings (SSSR count). The molecule has 2 aromatic carbocycles. The molecule has 1 aliphatic carbocycles. The van der Waals surface area contributed by atoms with Crippen molar-refractivity contribution in [2.45, 2.75) is 25.9 Å². The van der Waals surface area contributed by atoms with Gasteiger partial charge in [-0.2, -0.15) is 0 Å². The van der Waals surface area contributed by atoms with Crippen molar-refractivity contribution in [3.8, 4) is 0 Å². The summed E-state index contributed by atoms with van der Waals surface area (Å²) < 4.78 is 0. The molecular formula is C16H18O. The van der Waals surface area contributed by atoms with Crippen molar-refractivity contribution >= 4 is 10.8 Å². The second kappa shape index (κ2) is 4.15. The lowest BCUT2D eigenvalue weighted by atomic mass is 9.98. The number of hydrogen-bond donors (Lipinski definition) is 1. The molecule has 3 unspecified atom stereocenters. The number of rotatable bonds is 3. The van der Waals surface area contributed by atoms with Crippen LogP contribution in [0.3, 0.4) is 0 Å². The Morgan fingerprint density at radius 1 is 1.18 bits per heavy atom. The SMILES string of the molecule is CC1CC1C(O)Cc1cccc2ccccc12. The molecule has 1 N–H and O–H groups in total. The zero-order valence-corrected chi connectivity index (χ0v) is 10.1. The Hall–Kier alpha value is -1.34. The van der Waals surface area contributed by atoms with Gasteiger partial charge in [-0.3, -0.25) is 0 Å². The molecule has 3 atom stereocenters. The minimum absolute atomic E-state index is 0.171. The molecule has 0 amide bonds. The van der Waals surface area contributed by atoms with Crippen molar-refractivity contribution in [3.05, 3.63) is 48.0 Å². The Morgan fingerprint density at radius 3 is 2.65 bits per heavy atom. The van der Waals surface area contributed by atoms with Crippen LogP contribution >= 0.6 is 0 Å². The fourth-order valence-corrected chi connectivity index (χ4v) is 2.73. The van der Waals surface area contributed by atoms with Crippen LogP contribution in [-0.4, -0.2) is 11.2 Å². The average molecular weight is 226 g/mol. The third kappa shape index (κ3) is 2.07. The van der Waals surface area contributed by atoms with Gasteiger partial charge in [0.25, 0.3) is 0 Å². The molecular weight excluding hydrogens is 208 g/mol. The van der Waals surface area contributed by atoms with Crippen molar-refractivity contribution in [1.82, 2.24) is 0 Å². The number of benzene rings is 2. The van der Waals surface area contributed by atoms with Crippen LogP contribution < -0.4 is 0 Å². The second-order valence-electron chi connectivity index (χ2n) is 5.29. The van der Waals surface area contributed by atoms with Crippen LogP contribution in [0, 0.1) is 11.8 Å². The maximum atomic E-state index is 10.2. The van der Waals surface area contributed by atoms with Gasteiger partial charge >= 0.3 is 0 Å². The van der Waals surface area contributed by atoms with Gasteiger partial charge < -0.3 is 5.11 Å². The van der Waals surface area contributed by atoms with Gasteiger partial charge in [0.05, 0.1) is 6.10 Å². The Kier molecular flexibility index (Phi) is 2.64. The van der Waals surface area contributed by atoms with E-state index in [-0.39, 0.29) is 6.10 Å². The first-order valence-corrected chi connectivity index (χ1v) is 6.40. The lowest BCUT2D eigenvalue weighted by Gasteiger charge is -2.12. The minimum atomic E-state index is -0.171. The summed E-state index contributed by atoms with van der Waals surface area (Å²) in [6, 6.07) is 14.8. The summed E-state index contributed by atoms with van der Waals surface area (Å²) >= 11 is 0. The van der Waals surface area contributed by atoms with Gasteiger partial charge in [-0.1, -0.05) is 49.4 Å². The van der Waals surface area contributed by atoms with Crippen LogP contribution in [0.5, 0.6) is 0 Å². The molecule has 1 aliphatic rings. The van der Waals surface area contributed by atoms with Crippen molar-refractivity contribution in [3.63, 3.8) is 0 Å². The van der Waals surface area contributed by atoms with Gasteiger partial charge in [0.15, 0.2) is 0 Å². The molecule has 0 aromatic heterocycles. The quantitative estimate of drug-likeness (QED) is 0.850. The van der Waals surface area contributed by atoms with E-state index >= 15 is 0 Å². The highest BCUT2D eigenvalue weighted by molar-refractivity contribution is 5.85. The van der Waals surface area contributed by atoms with Crippen LogP contribution in [0.2, 0.25) is 0 Å². The molecule has 2 aromatic rings. The molecule has 0 spiro atoms. The summed E-state index contributed by atoms with van der Waals surface area (Å²) in [7, 11) is 0. The molecule has 1 heteroatoms. The molecule has 0 aliphatic heterocycles. The topological polar surface area (TPSA) is 20.2 Å². The first-order chi connectivity index (χ1) is 8.25. The first-order valence-electron chi connectivity index (χ1n) is 6.40. The van der Waals surface area contributed by atoms with E-state index in [4.69, 9.17) is 0 Å². The highest BCUT2D eigenvalue weighted by Crippen LogP contribution is 2.41. The Balaban J connectivity index is 1.89. The van der Waals surface area contributed by atoms with Crippen LogP contribution in [0.25, 0.3) is 10.8 Å².